The van der Waals surface area contributed by atoms with Gasteiger partial charge in [-0.15, -0.1) is 0 Å². The zero-order chi connectivity index (χ0) is 16.2. The van der Waals surface area contributed by atoms with Gasteiger partial charge in [-0.2, -0.15) is 0 Å². The van der Waals surface area contributed by atoms with Crippen molar-refractivity contribution in [2.45, 2.75) is 5.60 Å². The molecule has 2 aromatic rings. The maximum atomic E-state index is 13.7. The fraction of sp³-hybridized carbons (Fsp3) is 0.188. The van der Waals surface area contributed by atoms with Crippen LogP contribution < -0.4 is 0 Å². The Morgan fingerprint density at radius 2 is 1.82 bits per heavy atom. The molecule has 4 nitrogen and oxygen atoms in total. The van der Waals surface area contributed by atoms with Gasteiger partial charge in [0.25, 0.3) is 0 Å². The Morgan fingerprint density at radius 1 is 1.14 bits per heavy atom. The van der Waals surface area contributed by atoms with Crippen LogP contribution in [0, 0.1) is 11.6 Å². The monoisotopic (exact) mass is 308 g/mol. The SMILES string of the molecule is O=C(OC[C@](O)(CO)c1ccc(F)cc1F)c1ccccc1. The van der Waals surface area contributed by atoms with Gasteiger partial charge in [-0.3, -0.25) is 0 Å². The molecular formula is C16H14F2O4. The van der Waals surface area contributed by atoms with E-state index in [1.807, 2.05) is 0 Å². The molecule has 0 bridgehead atoms. The van der Waals surface area contributed by atoms with E-state index in [1.165, 1.54) is 12.1 Å². The molecule has 22 heavy (non-hydrogen) atoms. The third-order valence-electron chi connectivity index (χ3n) is 3.15. The van der Waals surface area contributed by atoms with Crippen LogP contribution in [-0.4, -0.2) is 29.4 Å². The molecule has 0 saturated carbocycles. The molecule has 0 fully saturated rings. The number of aliphatic hydroxyl groups excluding tert-OH is 1. The number of aliphatic hydroxyl groups is 2. The number of halogens is 2. The third-order valence-corrected chi connectivity index (χ3v) is 3.15. The van der Waals surface area contributed by atoms with E-state index in [0.717, 1.165) is 12.1 Å². The second-order valence-corrected chi connectivity index (χ2v) is 4.76. The molecule has 2 rings (SSSR count). The molecule has 0 heterocycles. The minimum Gasteiger partial charge on any atom is -0.459 e. The third kappa shape index (κ3) is 3.47. The number of carbonyl (C=O) groups is 1. The summed E-state index contributed by atoms with van der Waals surface area (Å²) in [5.74, 6) is -2.58. The van der Waals surface area contributed by atoms with Crippen LogP contribution in [-0.2, 0) is 10.3 Å². The summed E-state index contributed by atoms with van der Waals surface area (Å²) in [6.45, 7) is -1.56. The molecule has 1 atom stereocenters. The van der Waals surface area contributed by atoms with Gasteiger partial charge < -0.3 is 14.9 Å². The Bertz CT molecular complexity index is 660. The van der Waals surface area contributed by atoms with Crippen molar-refractivity contribution in [3.8, 4) is 0 Å². The van der Waals surface area contributed by atoms with Crippen LogP contribution in [0.25, 0.3) is 0 Å². The molecule has 2 aromatic carbocycles. The van der Waals surface area contributed by atoms with Gasteiger partial charge in [-0.25, -0.2) is 13.6 Å². The largest absolute Gasteiger partial charge is 0.459 e. The molecule has 0 aliphatic heterocycles. The van der Waals surface area contributed by atoms with Gasteiger partial charge in [0.05, 0.1) is 12.2 Å². The van der Waals surface area contributed by atoms with E-state index in [4.69, 9.17) is 4.74 Å². The quantitative estimate of drug-likeness (QED) is 0.829. The van der Waals surface area contributed by atoms with Crippen LogP contribution >= 0.6 is 0 Å². The molecule has 116 valence electrons. The zero-order valence-electron chi connectivity index (χ0n) is 11.5. The maximum Gasteiger partial charge on any atom is 0.338 e. The standard InChI is InChI=1S/C16H14F2O4/c17-12-6-7-13(14(18)8-12)16(21,9-19)10-22-15(20)11-4-2-1-3-5-11/h1-8,19,21H,9-10H2/t16-/m1/s1. The number of ether oxygens (including phenoxy) is 1. The second kappa shape index (κ2) is 6.64. The van der Waals surface area contributed by atoms with E-state index in [1.54, 1.807) is 18.2 Å². The molecule has 0 radical (unpaired) electrons. The van der Waals surface area contributed by atoms with Gasteiger partial charge in [-0.05, 0) is 18.2 Å². The topological polar surface area (TPSA) is 66.8 Å². The predicted octanol–water partition coefficient (Wildman–Crippen LogP) is 2.00. The smallest absolute Gasteiger partial charge is 0.338 e. The van der Waals surface area contributed by atoms with E-state index in [-0.39, 0.29) is 11.1 Å². The van der Waals surface area contributed by atoms with Crippen molar-refractivity contribution in [3.63, 3.8) is 0 Å². The van der Waals surface area contributed by atoms with E-state index in [0.29, 0.717) is 6.07 Å². The summed E-state index contributed by atoms with van der Waals surface area (Å²) in [6.07, 6.45) is 0. The lowest BCUT2D eigenvalue weighted by Crippen LogP contribution is -2.37. The molecule has 0 amide bonds. The number of carbonyl (C=O) groups excluding carboxylic acids is 1. The molecule has 0 aromatic heterocycles. The first-order valence-electron chi connectivity index (χ1n) is 6.47. The van der Waals surface area contributed by atoms with E-state index < -0.39 is 36.4 Å². The normalized spacial score (nSPS) is 13.5. The summed E-state index contributed by atoms with van der Waals surface area (Å²) >= 11 is 0. The van der Waals surface area contributed by atoms with E-state index >= 15 is 0 Å². The molecule has 0 saturated heterocycles. The first-order valence-corrected chi connectivity index (χ1v) is 6.47. The van der Waals surface area contributed by atoms with Gasteiger partial charge in [0.2, 0.25) is 0 Å². The van der Waals surface area contributed by atoms with Gasteiger partial charge in [-0.1, -0.05) is 24.3 Å². The van der Waals surface area contributed by atoms with Crippen LogP contribution in [0.2, 0.25) is 0 Å². The van der Waals surface area contributed by atoms with Crippen molar-refractivity contribution in [1.29, 1.82) is 0 Å². The van der Waals surface area contributed by atoms with Gasteiger partial charge in [0.15, 0.2) is 0 Å². The second-order valence-electron chi connectivity index (χ2n) is 4.76. The molecule has 0 aliphatic carbocycles. The lowest BCUT2D eigenvalue weighted by atomic mass is 9.95. The Hall–Kier alpha value is -2.31. The summed E-state index contributed by atoms with van der Waals surface area (Å²) in [6, 6.07) is 10.5. The average molecular weight is 308 g/mol. The Balaban J connectivity index is 2.15. The Morgan fingerprint density at radius 3 is 2.41 bits per heavy atom. The minimum absolute atomic E-state index is 0.252. The van der Waals surface area contributed by atoms with Crippen molar-refractivity contribution >= 4 is 5.97 Å². The highest BCUT2D eigenvalue weighted by Crippen LogP contribution is 2.25. The number of benzene rings is 2. The number of hydrogen-bond acceptors (Lipinski definition) is 4. The highest BCUT2D eigenvalue weighted by Gasteiger charge is 2.33. The van der Waals surface area contributed by atoms with Crippen LogP contribution in [0.1, 0.15) is 15.9 Å². The van der Waals surface area contributed by atoms with E-state index in [9.17, 15) is 23.8 Å². The first-order chi connectivity index (χ1) is 10.5. The molecule has 2 N–H and O–H groups in total. The average Bonchev–Trinajstić information content (AvgIpc) is 2.53. The molecule has 0 aliphatic rings. The highest BCUT2D eigenvalue weighted by molar-refractivity contribution is 5.89. The summed E-state index contributed by atoms with van der Waals surface area (Å²) in [7, 11) is 0. The Labute approximate surface area is 125 Å². The van der Waals surface area contributed by atoms with Crippen molar-refractivity contribution in [1.82, 2.24) is 0 Å². The molecular weight excluding hydrogens is 294 g/mol. The van der Waals surface area contributed by atoms with Crippen LogP contribution in [0.4, 0.5) is 8.78 Å². The lowest BCUT2D eigenvalue weighted by Gasteiger charge is -2.26. The van der Waals surface area contributed by atoms with Crippen molar-refractivity contribution in [3.05, 3.63) is 71.3 Å². The van der Waals surface area contributed by atoms with Gasteiger partial charge >= 0.3 is 5.97 Å². The molecule has 0 unspecified atom stereocenters. The molecule has 6 heteroatoms. The van der Waals surface area contributed by atoms with Gasteiger partial charge in [0, 0.05) is 11.6 Å². The first kappa shape index (κ1) is 16.1. The van der Waals surface area contributed by atoms with Crippen molar-refractivity contribution < 1.29 is 28.5 Å². The minimum atomic E-state index is -2.15. The number of esters is 1. The van der Waals surface area contributed by atoms with Crippen molar-refractivity contribution in [2.24, 2.45) is 0 Å². The Kier molecular flexibility index (Phi) is 4.85. The number of rotatable bonds is 5. The predicted molar refractivity (Wildman–Crippen MR) is 74.1 cm³/mol. The highest BCUT2D eigenvalue weighted by atomic mass is 19.1. The number of hydrogen-bond donors (Lipinski definition) is 2. The lowest BCUT2D eigenvalue weighted by molar-refractivity contribution is -0.0703. The van der Waals surface area contributed by atoms with Crippen LogP contribution in [0.15, 0.2) is 48.5 Å². The van der Waals surface area contributed by atoms with Crippen LogP contribution in [0.3, 0.4) is 0 Å². The maximum absolute atomic E-state index is 13.7. The van der Waals surface area contributed by atoms with Crippen LogP contribution in [0.5, 0.6) is 0 Å². The molecule has 0 spiro atoms. The fourth-order valence-corrected chi connectivity index (χ4v) is 1.92. The van der Waals surface area contributed by atoms with Gasteiger partial charge in [0.1, 0.15) is 23.8 Å². The zero-order valence-corrected chi connectivity index (χ0v) is 11.5. The summed E-state index contributed by atoms with van der Waals surface area (Å²) in [4.78, 5) is 11.8. The fourth-order valence-electron chi connectivity index (χ4n) is 1.92. The van der Waals surface area contributed by atoms with Crippen molar-refractivity contribution in [2.75, 3.05) is 13.2 Å². The summed E-state index contributed by atoms with van der Waals surface area (Å²) in [5.41, 5.74) is -2.25. The summed E-state index contributed by atoms with van der Waals surface area (Å²) < 4.78 is 31.5. The van der Waals surface area contributed by atoms with E-state index in [2.05, 4.69) is 0 Å². The summed E-state index contributed by atoms with van der Waals surface area (Å²) in [5, 5.41) is 19.6.